The van der Waals surface area contributed by atoms with Gasteiger partial charge >= 0.3 is 0 Å². The van der Waals surface area contributed by atoms with Crippen molar-refractivity contribution in [3.8, 4) is 23.6 Å². The summed E-state index contributed by atoms with van der Waals surface area (Å²) in [6.07, 6.45) is 7.40. The zero-order chi connectivity index (χ0) is 19.0. The van der Waals surface area contributed by atoms with Gasteiger partial charge in [0, 0.05) is 37.5 Å². The molecular formula is C22H22N4O. The molecule has 1 aliphatic rings. The summed E-state index contributed by atoms with van der Waals surface area (Å²) in [4.78, 5) is 19.6. The Labute approximate surface area is 158 Å². The summed E-state index contributed by atoms with van der Waals surface area (Å²) >= 11 is 0. The third-order valence-corrected chi connectivity index (χ3v) is 5.19. The molecule has 0 aliphatic carbocycles. The molecule has 2 aromatic heterocycles. The van der Waals surface area contributed by atoms with Crippen molar-refractivity contribution in [3.05, 3.63) is 64.1 Å². The van der Waals surface area contributed by atoms with Crippen molar-refractivity contribution in [1.82, 2.24) is 14.7 Å². The molecule has 0 radical (unpaired) electrons. The number of nitrogens with one attached hydrogen (secondary N) is 1. The molecule has 1 fully saturated rings. The second-order valence-electron chi connectivity index (χ2n) is 7.01. The Balaban J connectivity index is 1.73. The quantitative estimate of drug-likeness (QED) is 0.715. The van der Waals surface area contributed by atoms with E-state index < -0.39 is 0 Å². The van der Waals surface area contributed by atoms with Gasteiger partial charge in [0.15, 0.2) is 0 Å². The van der Waals surface area contributed by atoms with Crippen LogP contribution in [0.25, 0.3) is 16.9 Å². The number of hydrogen-bond acceptors (Lipinski definition) is 4. The smallest absolute Gasteiger partial charge is 0.258 e. The molecule has 0 saturated carbocycles. The van der Waals surface area contributed by atoms with Crippen LogP contribution >= 0.6 is 0 Å². The first-order chi connectivity index (χ1) is 13.0. The van der Waals surface area contributed by atoms with Crippen LogP contribution in [0.15, 0.2) is 47.4 Å². The highest BCUT2D eigenvalue weighted by Gasteiger charge is 2.18. The van der Waals surface area contributed by atoms with E-state index in [0.29, 0.717) is 11.3 Å². The van der Waals surface area contributed by atoms with Gasteiger partial charge in [-0.3, -0.25) is 9.20 Å². The number of rotatable bonds is 2. The Hall–Kier alpha value is -3.10. The van der Waals surface area contributed by atoms with Crippen LogP contribution in [0, 0.1) is 26.2 Å². The number of pyridine rings is 1. The van der Waals surface area contributed by atoms with E-state index in [0.717, 1.165) is 30.9 Å². The van der Waals surface area contributed by atoms with Gasteiger partial charge in [0.25, 0.3) is 5.56 Å². The normalized spacial score (nSPS) is 17.1. The molecule has 27 heavy (non-hydrogen) atoms. The molecule has 1 saturated heterocycles. The summed E-state index contributed by atoms with van der Waals surface area (Å²) in [5, 5.41) is 3.29. The number of fused-ring (bicyclic) bond motifs is 1. The third-order valence-electron chi connectivity index (χ3n) is 5.19. The first-order valence-corrected chi connectivity index (χ1v) is 9.11. The van der Waals surface area contributed by atoms with Crippen LogP contribution < -0.4 is 15.8 Å². The summed E-state index contributed by atoms with van der Waals surface area (Å²) in [7, 11) is 0. The highest BCUT2D eigenvalue weighted by molar-refractivity contribution is 5.64. The zero-order valence-electron chi connectivity index (χ0n) is 15.6. The molecule has 1 aromatic carbocycles. The fourth-order valence-electron chi connectivity index (χ4n) is 3.42. The molecule has 1 aliphatic heterocycles. The second kappa shape index (κ2) is 6.90. The fraction of sp³-hybridized carbons (Fsp3) is 0.273. The molecule has 1 atom stereocenters. The number of piperazine rings is 1. The lowest BCUT2D eigenvalue weighted by Crippen LogP contribution is -2.50. The SMILES string of the molecule is C#CC1CN(c2ccc3nc(-c4ccc(C)c(C)c4)cc(=O)n3c2)CCN1. The molecule has 3 aromatic rings. The molecule has 5 nitrogen and oxygen atoms in total. The highest BCUT2D eigenvalue weighted by atomic mass is 16.1. The molecule has 0 bridgehead atoms. The maximum Gasteiger partial charge on any atom is 0.258 e. The van der Waals surface area contributed by atoms with E-state index in [-0.39, 0.29) is 11.6 Å². The van der Waals surface area contributed by atoms with Gasteiger partial charge in [-0.25, -0.2) is 4.98 Å². The summed E-state index contributed by atoms with van der Waals surface area (Å²) in [6, 6.07) is 11.7. The maximum atomic E-state index is 12.7. The zero-order valence-corrected chi connectivity index (χ0v) is 15.6. The number of hydrogen-bond donors (Lipinski definition) is 1. The minimum Gasteiger partial charge on any atom is -0.367 e. The van der Waals surface area contributed by atoms with E-state index in [9.17, 15) is 4.79 Å². The van der Waals surface area contributed by atoms with Crippen molar-refractivity contribution in [2.75, 3.05) is 24.5 Å². The molecule has 1 unspecified atom stereocenters. The molecule has 3 heterocycles. The summed E-state index contributed by atoms with van der Waals surface area (Å²) < 4.78 is 1.60. The van der Waals surface area contributed by atoms with Crippen LogP contribution in [-0.4, -0.2) is 35.1 Å². The predicted octanol–water partition coefficient (Wildman–Crippen LogP) is 2.39. The number of aryl methyl sites for hydroxylation is 2. The molecule has 4 rings (SSSR count). The molecule has 5 heteroatoms. The van der Waals surface area contributed by atoms with Crippen LogP contribution in [0.2, 0.25) is 0 Å². The van der Waals surface area contributed by atoms with Gasteiger partial charge in [0.2, 0.25) is 0 Å². The van der Waals surface area contributed by atoms with Gasteiger partial charge in [-0.05, 0) is 43.2 Å². The van der Waals surface area contributed by atoms with Crippen molar-refractivity contribution < 1.29 is 0 Å². The Kier molecular flexibility index (Phi) is 4.43. The van der Waals surface area contributed by atoms with Crippen LogP contribution in [0.5, 0.6) is 0 Å². The Morgan fingerprint density at radius 2 is 2.04 bits per heavy atom. The van der Waals surface area contributed by atoms with Crippen molar-refractivity contribution in [1.29, 1.82) is 0 Å². The van der Waals surface area contributed by atoms with Crippen LogP contribution in [0.1, 0.15) is 11.1 Å². The largest absolute Gasteiger partial charge is 0.367 e. The topological polar surface area (TPSA) is 49.6 Å². The number of terminal acetylenes is 1. The molecule has 0 spiro atoms. The van der Waals surface area contributed by atoms with Gasteiger partial charge in [0.1, 0.15) is 5.65 Å². The third kappa shape index (κ3) is 3.32. The maximum absolute atomic E-state index is 12.7. The van der Waals surface area contributed by atoms with E-state index in [2.05, 4.69) is 42.1 Å². The predicted molar refractivity (Wildman–Crippen MR) is 109 cm³/mol. The standard InChI is InChI=1S/C22H22N4O/c1-4-18-13-25(10-9-23-18)19-7-8-21-24-20(12-22(27)26(21)14-19)17-6-5-15(2)16(3)11-17/h1,5-8,11-12,14,18,23H,9-10,13H2,2-3H3. The summed E-state index contributed by atoms with van der Waals surface area (Å²) in [5.41, 5.74) is 5.61. The van der Waals surface area contributed by atoms with Crippen molar-refractivity contribution in [3.63, 3.8) is 0 Å². The highest BCUT2D eigenvalue weighted by Crippen LogP contribution is 2.21. The van der Waals surface area contributed by atoms with Gasteiger partial charge in [-0.2, -0.15) is 0 Å². The molecular weight excluding hydrogens is 336 g/mol. The van der Waals surface area contributed by atoms with Crippen molar-refractivity contribution in [2.45, 2.75) is 19.9 Å². The van der Waals surface area contributed by atoms with Crippen molar-refractivity contribution >= 4 is 11.3 Å². The monoisotopic (exact) mass is 358 g/mol. The van der Waals surface area contributed by atoms with Crippen molar-refractivity contribution in [2.24, 2.45) is 0 Å². The van der Waals surface area contributed by atoms with E-state index in [1.54, 1.807) is 10.5 Å². The number of nitrogens with zero attached hydrogens (tertiary/aromatic N) is 3. The average molecular weight is 358 g/mol. The first kappa shape index (κ1) is 17.3. The average Bonchev–Trinajstić information content (AvgIpc) is 2.70. The van der Waals surface area contributed by atoms with Gasteiger partial charge < -0.3 is 10.2 Å². The lowest BCUT2D eigenvalue weighted by atomic mass is 10.0. The van der Waals surface area contributed by atoms with E-state index in [1.807, 2.05) is 24.4 Å². The number of aromatic nitrogens is 2. The Morgan fingerprint density at radius 1 is 1.19 bits per heavy atom. The molecule has 0 amide bonds. The summed E-state index contributed by atoms with van der Waals surface area (Å²) in [5.74, 6) is 2.75. The van der Waals surface area contributed by atoms with E-state index in [4.69, 9.17) is 11.4 Å². The molecule has 1 N–H and O–H groups in total. The van der Waals surface area contributed by atoms with E-state index >= 15 is 0 Å². The fourth-order valence-corrected chi connectivity index (χ4v) is 3.42. The Morgan fingerprint density at radius 3 is 2.81 bits per heavy atom. The number of anilines is 1. The minimum absolute atomic E-state index is 0.0245. The molecule has 136 valence electrons. The first-order valence-electron chi connectivity index (χ1n) is 9.11. The minimum atomic E-state index is -0.0845. The van der Waals surface area contributed by atoms with Crippen LogP contribution in [0.3, 0.4) is 0 Å². The van der Waals surface area contributed by atoms with Gasteiger partial charge in [-0.15, -0.1) is 6.42 Å². The van der Waals surface area contributed by atoms with Crippen LogP contribution in [-0.2, 0) is 0 Å². The lowest BCUT2D eigenvalue weighted by Gasteiger charge is -2.33. The van der Waals surface area contributed by atoms with E-state index in [1.165, 1.54) is 11.1 Å². The summed E-state index contributed by atoms with van der Waals surface area (Å²) in [6.45, 7) is 6.55. The van der Waals surface area contributed by atoms with Gasteiger partial charge in [0.05, 0.1) is 17.4 Å². The Bertz CT molecular complexity index is 1110. The second-order valence-corrected chi connectivity index (χ2v) is 7.01. The number of benzene rings is 1. The lowest BCUT2D eigenvalue weighted by molar-refractivity contribution is 0.528. The van der Waals surface area contributed by atoms with Crippen LogP contribution in [0.4, 0.5) is 5.69 Å². The van der Waals surface area contributed by atoms with Gasteiger partial charge in [-0.1, -0.05) is 18.1 Å².